The number of rotatable bonds is 4. The molecule has 0 saturated carbocycles. The van der Waals surface area contributed by atoms with E-state index in [2.05, 4.69) is 56.9 Å². The number of nitrogens with zero attached hydrogens (tertiary/aromatic N) is 4. The zero-order chi connectivity index (χ0) is 28.7. The first kappa shape index (κ1) is 27.8. The Morgan fingerprint density at radius 2 is 0.548 bits per heavy atom. The van der Waals surface area contributed by atoms with Crippen LogP contribution in [0.15, 0.2) is 202 Å². The number of fused-ring (bicyclic) bond motifs is 2. The highest BCUT2D eigenvalue weighted by atomic mass is 15.1. The van der Waals surface area contributed by atoms with Gasteiger partial charge in [0.15, 0.2) is 0 Å². The van der Waals surface area contributed by atoms with Crippen LogP contribution in [0.2, 0.25) is 0 Å². The Hall–Kier alpha value is -5.74. The zero-order valence-corrected chi connectivity index (χ0v) is 23.1. The lowest BCUT2D eigenvalue weighted by Gasteiger charge is -2.02. The summed E-state index contributed by atoms with van der Waals surface area (Å²) in [6.45, 7) is 0. The smallest absolute Gasteiger partial charge is 0.0935 e. The predicted octanol–water partition coefficient (Wildman–Crippen LogP) is 12.2. The summed E-state index contributed by atoms with van der Waals surface area (Å²) in [7, 11) is 0. The van der Waals surface area contributed by atoms with E-state index >= 15 is 0 Å². The molecule has 0 spiro atoms. The molecule has 0 aliphatic carbocycles. The van der Waals surface area contributed by atoms with Gasteiger partial charge in [-0.05, 0) is 47.2 Å². The molecule has 0 heterocycles. The molecule has 7 aromatic rings. The Kier molecular flexibility index (Phi) is 10.0. The first-order valence-corrected chi connectivity index (χ1v) is 13.8. The summed E-state index contributed by atoms with van der Waals surface area (Å²) in [5.41, 5.74) is 3.53. The van der Waals surface area contributed by atoms with E-state index in [1.165, 1.54) is 10.8 Å². The molecule has 4 nitrogen and oxygen atoms in total. The molecule has 4 heteroatoms. The van der Waals surface area contributed by atoms with Crippen LogP contribution < -0.4 is 0 Å². The summed E-state index contributed by atoms with van der Waals surface area (Å²) in [5.74, 6) is 0. The molecule has 0 aliphatic rings. The van der Waals surface area contributed by atoms with E-state index in [1.807, 2.05) is 146 Å². The molecule has 0 unspecified atom stereocenters. The van der Waals surface area contributed by atoms with Gasteiger partial charge in [0.1, 0.15) is 0 Å². The first-order chi connectivity index (χ1) is 20.9. The summed E-state index contributed by atoms with van der Waals surface area (Å²) < 4.78 is 0. The Morgan fingerprint density at radius 1 is 0.238 bits per heavy atom. The molecule has 0 bridgehead atoms. The van der Waals surface area contributed by atoms with Crippen molar-refractivity contribution in [2.45, 2.75) is 0 Å². The second kappa shape index (κ2) is 15.2. The fourth-order valence-electron chi connectivity index (χ4n) is 4.19. The van der Waals surface area contributed by atoms with Gasteiger partial charge < -0.3 is 0 Å². The summed E-state index contributed by atoms with van der Waals surface area (Å²) in [6.07, 6.45) is 0. The maximum atomic E-state index is 4.48. The normalized spacial score (nSPS) is 10.7. The quantitative estimate of drug-likeness (QED) is 0.199. The lowest BCUT2D eigenvalue weighted by Crippen LogP contribution is -1.74. The Morgan fingerprint density at radius 3 is 0.952 bits per heavy atom. The van der Waals surface area contributed by atoms with Crippen molar-refractivity contribution in [1.82, 2.24) is 0 Å². The van der Waals surface area contributed by atoms with E-state index in [4.69, 9.17) is 0 Å². The van der Waals surface area contributed by atoms with Gasteiger partial charge in [-0.2, -0.15) is 10.2 Å². The molecule has 0 saturated heterocycles. The van der Waals surface area contributed by atoms with Gasteiger partial charge in [0, 0.05) is 10.8 Å². The molecule has 0 N–H and O–H groups in total. The zero-order valence-electron chi connectivity index (χ0n) is 23.1. The van der Waals surface area contributed by atoms with Gasteiger partial charge in [-0.3, -0.25) is 0 Å². The van der Waals surface area contributed by atoms with E-state index in [1.54, 1.807) is 0 Å². The Labute approximate surface area is 246 Å². The topological polar surface area (TPSA) is 49.4 Å². The molecule has 7 aromatic carbocycles. The molecule has 0 atom stereocenters. The molecule has 7 rings (SSSR count). The van der Waals surface area contributed by atoms with Crippen molar-refractivity contribution >= 4 is 44.3 Å². The van der Waals surface area contributed by atoms with Gasteiger partial charge in [-0.15, -0.1) is 10.2 Å². The van der Waals surface area contributed by atoms with E-state index in [0.29, 0.717) is 0 Å². The fourth-order valence-corrected chi connectivity index (χ4v) is 4.19. The molecular weight excluding hydrogens is 512 g/mol. The van der Waals surface area contributed by atoms with Crippen molar-refractivity contribution < 1.29 is 0 Å². The number of hydrogen-bond acceptors (Lipinski definition) is 4. The maximum absolute atomic E-state index is 4.48. The molecule has 0 fully saturated rings. The summed E-state index contributed by atoms with van der Waals surface area (Å²) in [4.78, 5) is 0. The second-order valence-electron chi connectivity index (χ2n) is 9.22. The Balaban J connectivity index is 0.000000150. The van der Waals surface area contributed by atoms with Crippen molar-refractivity contribution in [3.05, 3.63) is 182 Å². The molecule has 0 aliphatic heterocycles. The van der Waals surface area contributed by atoms with Crippen LogP contribution in [0.3, 0.4) is 0 Å². The van der Waals surface area contributed by atoms with Crippen molar-refractivity contribution in [3.63, 3.8) is 0 Å². The summed E-state index contributed by atoms with van der Waals surface area (Å²) in [6, 6.07) is 60.0. The van der Waals surface area contributed by atoms with Crippen molar-refractivity contribution in [2.75, 3.05) is 0 Å². The van der Waals surface area contributed by atoms with Crippen LogP contribution in [0.5, 0.6) is 0 Å². The van der Waals surface area contributed by atoms with Gasteiger partial charge in [0.2, 0.25) is 0 Å². The molecule has 42 heavy (non-hydrogen) atoms. The molecule has 0 radical (unpaired) electrons. The van der Waals surface area contributed by atoms with E-state index in [-0.39, 0.29) is 0 Å². The van der Waals surface area contributed by atoms with Crippen LogP contribution in [0, 0.1) is 0 Å². The van der Waals surface area contributed by atoms with Gasteiger partial charge in [-0.25, -0.2) is 0 Å². The minimum atomic E-state index is 0.872. The van der Waals surface area contributed by atoms with Gasteiger partial charge in [0.05, 0.1) is 22.7 Å². The monoisotopic (exact) mass is 542 g/mol. The van der Waals surface area contributed by atoms with E-state index in [0.717, 1.165) is 33.5 Å². The number of hydrogen-bond donors (Lipinski definition) is 0. The van der Waals surface area contributed by atoms with Gasteiger partial charge >= 0.3 is 0 Å². The third-order valence-electron chi connectivity index (χ3n) is 6.26. The van der Waals surface area contributed by atoms with Gasteiger partial charge in [-0.1, -0.05) is 146 Å². The van der Waals surface area contributed by atoms with Crippen LogP contribution in [0.4, 0.5) is 22.7 Å². The van der Waals surface area contributed by atoms with Crippen molar-refractivity contribution in [2.24, 2.45) is 20.5 Å². The minimum Gasteiger partial charge on any atom is -0.151 e. The molecule has 0 amide bonds. The van der Waals surface area contributed by atoms with E-state index in [9.17, 15) is 0 Å². The van der Waals surface area contributed by atoms with Crippen LogP contribution in [0.1, 0.15) is 0 Å². The third kappa shape index (κ3) is 8.13. The van der Waals surface area contributed by atoms with Gasteiger partial charge in [0.25, 0.3) is 0 Å². The number of benzene rings is 7. The first-order valence-electron chi connectivity index (χ1n) is 13.8. The average Bonchev–Trinajstić information content (AvgIpc) is 3.09. The van der Waals surface area contributed by atoms with Crippen LogP contribution >= 0.6 is 0 Å². The highest BCUT2D eigenvalue weighted by Gasteiger charge is 2.01. The lowest BCUT2D eigenvalue weighted by atomic mass is 10.1. The highest BCUT2D eigenvalue weighted by Crippen LogP contribution is 2.30. The second-order valence-corrected chi connectivity index (χ2v) is 9.22. The van der Waals surface area contributed by atoms with Crippen LogP contribution in [-0.4, -0.2) is 0 Å². The highest BCUT2D eigenvalue weighted by molar-refractivity contribution is 5.93. The molecular formula is C38H30N4. The summed E-state index contributed by atoms with van der Waals surface area (Å²) in [5, 5.41) is 21.8. The standard InChI is InChI=1S/C20H14N2.C12H10N2.C6H6/c1-3-11-17-15(7-1)9-5-13-19(17)21-22-20-14-6-10-16-8-2-4-12-18(16)20;1-3-7-11(8-4-1)13-14-12-9-5-2-6-10-12;1-2-4-6-5-3-1/h1-14H;1-10H;1-6H. The maximum Gasteiger partial charge on any atom is 0.0935 e. The third-order valence-corrected chi connectivity index (χ3v) is 6.26. The minimum absolute atomic E-state index is 0.872. The van der Waals surface area contributed by atoms with Crippen LogP contribution in [0.25, 0.3) is 21.5 Å². The fraction of sp³-hybridized carbons (Fsp3) is 0. The van der Waals surface area contributed by atoms with Crippen LogP contribution in [-0.2, 0) is 0 Å². The largest absolute Gasteiger partial charge is 0.151 e. The lowest BCUT2D eigenvalue weighted by molar-refractivity contribution is 1.23. The Bertz CT molecular complexity index is 1710. The molecule has 202 valence electrons. The predicted molar refractivity (Wildman–Crippen MR) is 176 cm³/mol. The summed E-state index contributed by atoms with van der Waals surface area (Å²) >= 11 is 0. The SMILES string of the molecule is c1ccc(N=Nc2ccccc2)cc1.c1ccc2c(N=Nc3cccc4ccccc34)cccc2c1.c1ccccc1. The van der Waals surface area contributed by atoms with Crippen molar-refractivity contribution in [3.8, 4) is 0 Å². The van der Waals surface area contributed by atoms with E-state index < -0.39 is 0 Å². The molecule has 0 aromatic heterocycles. The number of azo groups is 2. The van der Waals surface area contributed by atoms with Crippen molar-refractivity contribution in [1.29, 1.82) is 0 Å². The average molecular weight is 543 g/mol.